The Labute approximate surface area is 148 Å². The number of amides is 2. The van der Waals surface area contributed by atoms with Crippen LogP contribution in [0, 0.1) is 17.6 Å². The van der Waals surface area contributed by atoms with Gasteiger partial charge >= 0.3 is 0 Å². The van der Waals surface area contributed by atoms with Gasteiger partial charge in [0.05, 0.1) is 12.1 Å². The van der Waals surface area contributed by atoms with Crippen LogP contribution >= 0.6 is 0 Å². The number of likely N-dealkylation sites (tertiary alicyclic amines) is 1. The molecule has 0 bridgehead atoms. The summed E-state index contributed by atoms with van der Waals surface area (Å²) in [6.07, 6.45) is 1.45. The first-order chi connectivity index (χ1) is 12.3. The van der Waals surface area contributed by atoms with Crippen LogP contribution in [0.1, 0.15) is 23.8 Å². The van der Waals surface area contributed by atoms with Crippen LogP contribution in [0.25, 0.3) is 10.9 Å². The van der Waals surface area contributed by atoms with Gasteiger partial charge in [-0.15, -0.1) is 0 Å². The van der Waals surface area contributed by atoms with Crippen molar-refractivity contribution < 1.29 is 23.2 Å². The summed E-state index contributed by atoms with van der Waals surface area (Å²) < 4.78 is 27.1. The SMILES string of the molecule is CC1CC(C=O)CN1C(=O)CN(C)C(=O)c1cc2c(F)cc(F)cc2[nH]1. The third kappa shape index (κ3) is 3.31. The lowest BCUT2D eigenvalue weighted by atomic mass is 10.1. The maximum Gasteiger partial charge on any atom is 0.270 e. The van der Waals surface area contributed by atoms with E-state index in [0.29, 0.717) is 13.0 Å². The van der Waals surface area contributed by atoms with Gasteiger partial charge in [0, 0.05) is 37.0 Å². The molecule has 3 rings (SSSR count). The van der Waals surface area contributed by atoms with Crippen LogP contribution in [-0.2, 0) is 9.59 Å². The molecule has 2 atom stereocenters. The summed E-state index contributed by atoms with van der Waals surface area (Å²) in [6.45, 7) is 2.04. The topological polar surface area (TPSA) is 73.5 Å². The molecule has 0 saturated carbocycles. The Balaban J connectivity index is 1.73. The van der Waals surface area contributed by atoms with Crippen LogP contribution in [0.5, 0.6) is 0 Å². The van der Waals surface area contributed by atoms with E-state index >= 15 is 0 Å². The van der Waals surface area contributed by atoms with Crippen LogP contribution in [0.3, 0.4) is 0 Å². The summed E-state index contributed by atoms with van der Waals surface area (Å²) in [4.78, 5) is 41.3. The van der Waals surface area contributed by atoms with Crippen LogP contribution in [0.2, 0.25) is 0 Å². The third-order valence-electron chi connectivity index (χ3n) is 4.72. The predicted molar refractivity (Wildman–Crippen MR) is 90.5 cm³/mol. The van der Waals surface area contributed by atoms with Gasteiger partial charge in [0.15, 0.2) is 0 Å². The van der Waals surface area contributed by atoms with Gasteiger partial charge in [-0.3, -0.25) is 9.59 Å². The van der Waals surface area contributed by atoms with Gasteiger partial charge in [0.2, 0.25) is 5.91 Å². The molecule has 138 valence electrons. The molecule has 8 heteroatoms. The molecule has 1 saturated heterocycles. The largest absolute Gasteiger partial charge is 0.350 e. The molecule has 1 N–H and O–H groups in total. The molecule has 2 amide bonds. The minimum Gasteiger partial charge on any atom is -0.350 e. The minimum atomic E-state index is -0.764. The Morgan fingerprint density at radius 1 is 1.35 bits per heavy atom. The first kappa shape index (κ1) is 18.0. The second-order valence-electron chi connectivity index (χ2n) is 6.72. The van der Waals surface area contributed by atoms with Gasteiger partial charge < -0.3 is 19.6 Å². The summed E-state index contributed by atoms with van der Waals surface area (Å²) in [7, 11) is 1.46. The summed E-state index contributed by atoms with van der Waals surface area (Å²) in [5, 5.41) is 0.108. The van der Waals surface area contributed by atoms with Gasteiger partial charge in [-0.05, 0) is 25.5 Å². The fraction of sp³-hybridized carbons (Fsp3) is 0.389. The number of rotatable bonds is 4. The normalized spacial score (nSPS) is 19.8. The molecule has 2 aromatic rings. The number of carbonyl (C=O) groups excluding carboxylic acids is 3. The molecule has 1 aliphatic heterocycles. The Hall–Kier alpha value is -2.77. The molecule has 0 radical (unpaired) electrons. The van der Waals surface area contributed by atoms with Crippen molar-refractivity contribution in [3.63, 3.8) is 0 Å². The molecular weight excluding hydrogens is 344 g/mol. The Kier molecular flexibility index (Phi) is 4.76. The maximum atomic E-state index is 13.8. The molecule has 0 aliphatic carbocycles. The zero-order valence-electron chi connectivity index (χ0n) is 14.5. The van der Waals surface area contributed by atoms with Gasteiger partial charge in [0.25, 0.3) is 5.91 Å². The number of carbonyl (C=O) groups is 3. The van der Waals surface area contributed by atoms with Crippen molar-refractivity contribution in [1.82, 2.24) is 14.8 Å². The number of nitrogens with zero attached hydrogens (tertiary/aromatic N) is 2. The van der Waals surface area contributed by atoms with Crippen LogP contribution < -0.4 is 0 Å². The van der Waals surface area contributed by atoms with E-state index < -0.39 is 17.5 Å². The molecule has 1 aromatic carbocycles. The van der Waals surface area contributed by atoms with Crippen molar-refractivity contribution in [3.05, 3.63) is 35.5 Å². The van der Waals surface area contributed by atoms with E-state index in [1.165, 1.54) is 18.0 Å². The van der Waals surface area contributed by atoms with E-state index in [9.17, 15) is 23.2 Å². The number of aromatic amines is 1. The first-order valence-corrected chi connectivity index (χ1v) is 8.28. The van der Waals surface area contributed by atoms with E-state index in [4.69, 9.17) is 0 Å². The number of halogens is 2. The van der Waals surface area contributed by atoms with E-state index in [1.54, 1.807) is 4.90 Å². The molecule has 1 aromatic heterocycles. The Bertz CT molecular complexity index is 880. The fourth-order valence-corrected chi connectivity index (χ4v) is 3.37. The number of benzene rings is 1. The zero-order valence-corrected chi connectivity index (χ0v) is 14.5. The highest BCUT2D eigenvalue weighted by atomic mass is 19.1. The number of fused-ring (bicyclic) bond motifs is 1. The minimum absolute atomic E-state index is 0.0636. The zero-order chi connectivity index (χ0) is 19.0. The molecular formula is C18H19F2N3O3. The van der Waals surface area contributed by atoms with Gasteiger partial charge in [-0.1, -0.05) is 0 Å². The standard InChI is InChI=1S/C18H19F2N3O3/c1-10-3-11(9-24)7-23(10)17(25)8-22(2)18(26)16-6-13-14(20)4-12(19)5-15(13)21-16/h4-6,9-11,21H,3,7-8H2,1-2H3. The van der Waals surface area contributed by atoms with Crippen LogP contribution in [0.15, 0.2) is 18.2 Å². The van der Waals surface area contributed by atoms with Gasteiger partial charge in [-0.2, -0.15) is 0 Å². The number of hydrogen-bond donors (Lipinski definition) is 1. The lowest BCUT2D eigenvalue weighted by Crippen LogP contribution is -2.42. The van der Waals surface area contributed by atoms with Crippen LogP contribution in [-0.4, -0.2) is 59.1 Å². The smallest absolute Gasteiger partial charge is 0.270 e. The van der Waals surface area contributed by atoms with Crippen molar-refractivity contribution in [2.75, 3.05) is 20.1 Å². The third-order valence-corrected chi connectivity index (χ3v) is 4.72. The molecule has 0 spiro atoms. The number of aldehydes is 1. The van der Waals surface area contributed by atoms with Crippen LogP contribution in [0.4, 0.5) is 8.78 Å². The predicted octanol–water partition coefficient (Wildman–Crippen LogP) is 1.95. The highest BCUT2D eigenvalue weighted by molar-refractivity contribution is 5.99. The lowest BCUT2D eigenvalue weighted by molar-refractivity contribution is -0.132. The van der Waals surface area contributed by atoms with E-state index in [0.717, 1.165) is 18.4 Å². The fourth-order valence-electron chi connectivity index (χ4n) is 3.37. The van der Waals surface area contributed by atoms with Gasteiger partial charge in [0.1, 0.15) is 23.6 Å². The highest BCUT2D eigenvalue weighted by Gasteiger charge is 2.33. The molecule has 6 nitrogen and oxygen atoms in total. The summed E-state index contributed by atoms with van der Waals surface area (Å²) in [5.74, 6) is -2.45. The second-order valence-corrected chi connectivity index (χ2v) is 6.72. The van der Waals surface area contributed by atoms with Crippen molar-refractivity contribution in [1.29, 1.82) is 0 Å². The number of aromatic nitrogens is 1. The quantitative estimate of drug-likeness (QED) is 0.844. The number of nitrogens with one attached hydrogen (secondary N) is 1. The average molecular weight is 363 g/mol. The van der Waals surface area contributed by atoms with Crippen molar-refractivity contribution in [3.8, 4) is 0 Å². The number of H-pyrrole nitrogens is 1. The molecule has 1 aliphatic rings. The lowest BCUT2D eigenvalue weighted by Gasteiger charge is -2.24. The summed E-state index contributed by atoms with van der Waals surface area (Å²) in [6, 6.07) is 3.09. The number of hydrogen-bond acceptors (Lipinski definition) is 3. The van der Waals surface area contributed by atoms with E-state index in [-0.39, 0.29) is 41.0 Å². The molecule has 26 heavy (non-hydrogen) atoms. The Morgan fingerprint density at radius 2 is 2.08 bits per heavy atom. The molecule has 1 fully saturated rings. The summed E-state index contributed by atoms with van der Waals surface area (Å²) >= 11 is 0. The maximum absolute atomic E-state index is 13.8. The average Bonchev–Trinajstić information content (AvgIpc) is 3.17. The second kappa shape index (κ2) is 6.86. The highest BCUT2D eigenvalue weighted by Crippen LogP contribution is 2.23. The molecule has 2 unspecified atom stereocenters. The van der Waals surface area contributed by atoms with Gasteiger partial charge in [-0.25, -0.2) is 8.78 Å². The van der Waals surface area contributed by atoms with Crippen molar-refractivity contribution >= 4 is 29.0 Å². The molecule has 2 heterocycles. The summed E-state index contributed by atoms with van der Waals surface area (Å²) in [5.41, 5.74) is 0.243. The number of likely N-dealkylation sites (N-methyl/N-ethyl adjacent to an activating group) is 1. The Morgan fingerprint density at radius 3 is 2.73 bits per heavy atom. The van der Waals surface area contributed by atoms with Crippen molar-refractivity contribution in [2.24, 2.45) is 5.92 Å². The van der Waals surface area contributed by atoms with E-state index in [2.05, 4.69) is 4.98 Å². The van der Waals surface area contributed by atoms with Crippen molar-refractivity contribution in [2.45, 2.75) is 19.4 Å². The monoisotopic (exact) mass is 363 g/mol. The van der Waals surface area contributed by atoms with E-state index in [1.807, 2.05) is 6.92 Å². The first-order valence-electron chi connectivity index (χ1n) is 8.28.